The number of carbonyl (C=O) groups is 3. The summed E-state index contributed by atoms with van der Waals surface area (Å²) in [6.45, 7) is 6.59. The zero-order valence-electron chi connectivity index (χ0n) is 33.7. The van der Waals surface area contributed by atoms with Crippen LogP contribution in [0.5, 0.6) is 0 Å². The average molecular weight is 709 g/mol. The molecule has 0 saturated heterocycles. The summed E-state index contributed by atoms with van der Waals surface area (Å²) < 4.78 is 16.6. The molecule has 0 aliphatic rings. The molecular formula is C44H84O6. The summed E-state index contributed by atoms with van der Waals surface area (Å²) in [7, 11) is 0. The van der Waals surface area contributed by atoms with Crippen LogP contribution in [-0.2, 0) is 28.6 Å². The van der Waals surface area contributed by atoms with E-state index in [2.05, 4.69) is 20.8 Å². The van der Waals surface area contributed by atoms with Gasteiger partial charge in [-0.3, -0.25) is 14.4 Å². The second-order valence-electron chi connectivity index (χ2n) is 15.0. The van der Waals surface area contributed by atoms with Gasteiger partial charge in [0.1, 0.15) is 13.2 Å². The molecule has 0 amide bonds. The number of rotatable bonds is 40. The second kappa shape index (κ2) is 40.2. The van der Waals surface area contributed by atoms with Crippen molar-refractivity contribution in [2.24, 2.45) is 0 Å². The maximum absolute atomic E-state index is 12.6. The largest absolute Gasteiger partial charge is 0.462 e. The lowest BCUT2D eigenvalue weighted by molar-refractivity contribution is -0.167. The molecule has 50 heavy (non-hydrogen) atoms. The Bertz CT molecular complexity index is 738. The first kappa shape index (κ1) is 48.4. The predicted molar refractivity (Wildman–Crippen MR) is 210 cm³/mol. The number of carbonyl (C=O) groups excluding carboxylic acids is 3. The Hall–Kier alpha value is -1.59. The fraction of sp³-hybridized carbons (Fsp3) is 0.932. The van der Waals surface area contributed by atoms with Crippen LogP contribution in [0.3, 0.4) is 0 Å². The summed E-state index contributed by atoms with van der Waals surface area (Å²) >= 11 is 0. The molecule has 296 valence electrons. The van der Waals surface area contributed by atoms with Gasteiger partial charge < -0.3 is 14.2 Å². The molecule has 0 aromatic rings. The molecular weight excluding hydrogens is 624 g/mol. The Balaban J connectivity index is 4.19. The van der Waals surface area contributed by atoms with E-state index in [-0.39, 0.29) is 31.1 Å². The highest BCUT2D eigenvalue weighted by Gasteiger charge is 2.19. The summed E-state index contributed by atoms with van der Waals surface area (Å²) in [5, 5.41) is 0. The molecule has 6 heteroatoms. The zero-order chi connectivity index (χ0) is 36.6. The lowest BCUT2D eigenvalue weighted by Crippen LogP contribution is -2.30. The highest BCUT2D eigenvalue weighted by Crippen LogP contribution is 2.15. The minimum Gasteiger partial charge on any atom is -0.462 e. The van der Waals surface area contributed by atoms with Gasteiger partial charge in [0.2, 0.25) is 0 Å². The van der Waals surface area contributed by atoms with Gasteiger partial charge in [0, 0.05) is 19.3 Å². The molecule has 0 rings (SSSR count). The summed E-state index contributed by atoms with van der Waals surface area (Å²) in [6.07, 6.45) is 39.6. The molecule has 0 saturated carbocycles. The van der Waals surface area contributed by atoms with Crippen molar-refractivity contribution in [3.8, 4) is 0 Å². The third-order valence-electron chi connectivity index (χ3n) is 9.86. The Morgan fingerprint density at radius 1 is 0.320 bits per heavy atom. The van der Waals surface area contributed by atoms with Gasteiger partial charge in [-0.25, -0.2) is 0 Å². The SMILES string of the molecule is CCCCCCCCCCCCCCCCCCC(=O)OC[C@H](COC(=O)CCCCCCCCCCC)OC(=O)CCCCCCCCC. The van der Waals surface area contributed by atoms with E-state index in [1.165, 1.54) is 148 Å². The standard InChI is InChI=1S/C44H84O6/c1-4-7-10-13-16-18-19-20-21-22-23-24-26-29-31-34-37-43(46)49-40-41(50-44(47)38-35-32-27-15-12-9-6-3)39-48-42(45)36-33-30-28-25-17-14-11-8-5-2/h41H,4-40H2,1-3H3/t41-/m0/s1. The van der Waals surface area contributed by atoms with Gasteiger partial charge in [-0.2, -0.15) is 0 Å². The number of hydrogen-bond donors (Lipinski definition) is 0. The molecule has 0 N–H and O–H groups in total. The van der Waals surface area contributed by atoms with Gasteiger partial charge >= 0.3 is 17.9 Å². The fourth-order valence-electron chi connectivity index (χ4n) is 6.50. The van der Waals surface area contributed by atoms with E-state index in [4.69, 9.17) is 14.2 Å². The maximum atomic E-state index is 12.6. The van der Waals surface area contributed by atoms with E-state index in [0.717, 1.165) is 57.8 Å². The van der Waals surface area contributed by atoms with Crippen molar-refractivity contribution in [2.45, 2.75) is 252 Å². The first-order valence-corrected chi connectivity index (χ1v) is 22.0. The van der Waals surface area contributed by atoms with Crippen LogP contribution in [-0.4, -0.2) is 37.2 Å². The maximum Gasteiger partial charge on any atom is 0.306 e. The normalized spacial score (nSPS) is 11.8. The molecule has 6 nitrogen and oxygen atoms in total. The molecule has 0 heterocycles. The van der Waals surface area contributed by atoms with E-state index in [1.54, 1.807) is 0 Å². The van der Waals surface area contributed by atoms with E-state index in [9.17, 15) is 14.4 Å². The second-order valence-corrected chi connectivity index (χ2v) is 15.0. The number of ether oxygens (including phenoxy) is 3. The van der Waals surface area contributed by atoms with Crippen LogP contribution in [0.1, 0.15) is 245 Å². The minimum atomic E-state index is -0.756. The fourth-order valence-corrected chi connectivity index (χ4v) is 6.50. The Kier molecular flexibility index (Phi) is 38.9. The van der Waals surface area contributed by atoms with Crippen LogP contribution in [0.15, 0.2) is 0 Å². The predicted octanol–water partition coefficient (Wildman–Crippen LogP) is 13.7. The van der Waals surface area contributed by atoms with Crippen molar-refractivity contribution in [2.75, 3.05) is 13.2 Å². The molecule has 0 bridgehead atoms. The van der Waals surface area contributed by atoms with Gasteiger partial charge in [0.25, 0.3) is 0 Å². The van der Waals surface area contributed by atoms with Crippen LogP contribution in [0, 0.1) is 0 Å². The summed E-state index contributed by atoms with van der Waals surface area (Å²) in [5.41, 5.74) is 0. The molecule has 0 radical (unpaired) electrons. The van der Waals surface area contributed by atoms with E-state index in [1.807, 2.05) is 0 Å². The first-order valence-electron chi connectivity index (χ1n) is 22.0. The smallest absolute Gasteiger partial charge is 0.306 e. The topological polar surface area (TPSA) is 78.9 Å². The summed E-state index contributed by atoms with van der Waals surface area (Å²) in [5.74, 6) is -0.863. The lowest BCUT2D eigenvalue weighted by atomic mass is 10.0. The Labute approximate surface area is 310 Å². The lowest BCUT2D eigenvalue weighted by Gasteiger charge is -2.18. The van der Waals surface area contributed by atoms with Gasteiger partial charge in [-0.15, -0.1) is 0 Å². The third kappa shape index (κ3) is 37.7. The molecule has 0 fully saturated rings. The molecule has 0 spiro atoms. The summed E-state index contributed by atoms with van der Waals surface area (Å²) in [4.78, 5) is 37.4. The highest BCUT2D eigenvalue weighted by molar-refractivity contribution is 5.71. The van der Waals surface area contributed by atoms with Crippen molar-refractivity contribution in [3.05, 3.63) is 0 Å². The first-order chi connectivity index (χ1) is 24.5. The van der Waals surface area contributed by atoms with Crippen molar-refractivity contribution in [1.29, 1.82) is 0 Å². The van der Waals surface area contributed by atoms with E-state index < -0.39 is 6.10 Å². The molecule has 0 aliphatic heterocycles. The van der Waals surface area contributed by atoms with Crippen molar-refractivity contribution < 1.29 is 28.6 Å². The van der Waals surface area contributed by atoms with Crippen LogP contribution < -0.4 is 0 Å². The molecule has 0 unspecified atom stereocenters. The molecule has 0 aromatic heterocycles. The average Bonchev–Trinajstić information content (AvgIpc) is 3.11. The van der Waals surface area contributed by atoms with Gasteiger partial charge in [-0.05, 0) is 19.3 Å². The van der Waals surface area contributed by atoms with Gasteiger partial charge in [0.15, 0.2) is 6.10 Å². The van der Waals surface area contributed by atoms with Crippen LogP contribution >= 0.6 is 0 Å². The van der Waals surface area contributed by atoms with Crippen LogP contribution in [0.2, 0.25) is 0 Å². The van der Waals surface area contributed by atoms with Crippen LogP contribution in [0.25, 0.3) is 0 Å². The summed E-state index contributed by atoms with van der Waals surface area (Å²) in [6, 6.07) is 0. The van der Waals surface area contributed by atoms with Crippen molar-refractivity contribution in [3.63, 3.8) is 0 Å². The zero-order valence-corrected chi connectivity index (χ0v) is 33.7. The quantitative estimate of drug-likeness (QED) is 0.0358. The molecule has 1 atom stereocenters. The Morgan fingerprint density at radius 2 is 0.540 bits per heavy atom. The Morgan fingerprint density at radius 3 is 0.800 bits per heavy atom. The van der Waals surface area contributed by atoms with Crippen molar-refractivity contribution >= 4 is 17.9 Å². The third-order valence-corrected chi connectivity index (χ3v) is 9.86. The molecule has 0 aliphatic carbocycles. The molecule has 0 aromatic carbocycles. The van der Waals surface area contributed by atoms with E-state index >= 15 is 0 Å². The monoisotopic (exact) mass is 709 g/mol. The van der Waals surface area contributed by atoms with Gasteiger partial charge in [-0.1, -0.05) is 207 Å². The van der Waals surface area contributed by atoms with E-state index in [0.29, 0.717) is 19.3 Å². The van der Waals surface area contributed by atoms with Gasteiger partial charge in [0.05, 0.1) is 0 Å². The van der Waals surface area contributed by atoms with Crippen molar-refractivity contribution in [1.82, 2.24) is 0 Å². The van der Waals surface area contributed by atoms with Crippen LogP contribution in [0.4, 0.5) is 0 Å². The highest BCUT2D eigenvalue weighted by atomic mass is 16.6. The minimum absolute atomic E-state index is 0.0637. The number of unbranched alkanes of at least 4 members (excludes halogenated alkanes) is 29. The number of hydrogen-bond acceptors (Lipinski definition) is 6. The number of esters is 3.